The lowest BCUT2D eigenvalue weighted by Gasteiger charge is -2.04. The van der Waals surface area contributed by atoms with E-state index in [1.165, 1.54) is 5.56 Å². The molecule has 6 nitrogen and oxygen atoms in total. The van der Waals surface area contributed by atoms with Gasteiger partial charge in [0.25, 0.3) is 0 Å². The van der Waals surface area contributed by atoms with E-state index in [-0.39, 0.29) is 0 Å². The number of nitrogens with zero attached hydrogens (tertiary/aromatic N) is 3. The van der Waals surface area contributed by atoms with E-state index in [1.807, 2.05) is 43.3 Å². The normalized spacial score (nSPS) is 11.0. The molecule has 7 heteroatoms. The van der Waals surface area contributed by atoms with Crippen LogP contribution >= 0.6 is 11.7 Å². The first-order chi connectivity index (χ1) is 10.7. The minimum atomic E-state index is -0.427. The number of amides is 2. The second-order valence-corrected chi connectivity index (χ2v) is 5.20. The quantitative estimate of drug-likeness (QED) is 0.576. The molecule has 3 rings (SSSR count). The van der Waals surface area contributed by atoms with Gasteiger partial charge in [-0.2, -0.15) is 13.8 Å². The molecule has 1 heterocycles. The predicted octanol–water partition coefficient (Wildman–Crippen LogP) is 3.16. The Bertz CT molecular complexity index is 825. The summed E-state index contributed by atoms with van der Waals surface area (Å²) < 4.78 is 8.28. The number of carbonyl (C=O) groups excluding carboxylic acids is 1. The monoisotopic (exact) mass is 311 g/mol. The number of fused-ring (bicyclic) bond motifs is 1. The molecule has 0 aliphatic rings. The molecule has 0 aliphatic carbocycles. The highest BCUT2D eigenvalue weighted by atomic mass is 32.1. The van der Waals surface area contributed by atoms with Crippen LogP contribution in [-0.2, 0) is 0 Å². The van der Waals surface area contributed by atoms with Gasteiger partial charge in [-0.05, 0) is 24.6 Å². The van der Waals surface area contributed by atoms with Gasteiger partial charge in [-0.25, -0.2) is 10.2 Å². The molecule has 2 amide bonds. The fourth-order valence-corrected chi connectivity index (χ4v) is 2.42. The number of carbonyl (C=O) groups is 1. The summed E-state index contributed by atoms with van der Waals surface area (Å²) in [5.41, 5.74) is 6.55. The van der Waals surface area contributed by atoms with Crippen molar-refractivity contribution in [2.24, 2.45) is 5.10 Å². The fraction of sp³-hybridized carbons (Fsp3) is 0.0667. The molecule has 0 saturated heterocycles. The van der Waals surface area contributed by atoms with E-state index in [9.17, 15) is 4.79 Å². The summed E-state index contributed by atoms with van der Waals surface area (Å²) in [6, 6.07) is 12.8. The number of aryl methyl sites for hydroxylation is 1. The third-order valence-electron chi connectivity index (χ3n) is 2.99. The zero-order valence-corrected chi connectivity index (χ0v) is 12.6. The average Bonchev–Trinajstić information content (AvgIpc) is 2.99. The summed E-state index contributed by atoms with van der Waals surface area (Å²) in [5.74, 6) is 0. The number of aromatic nitrogens is 2. The van der Waals surface area contributed by atoms with Crippen molar-refractivity contribution < 1.29 is 4.79 Å². The maximum Gasteiger partial charge on any atom is 0.339 e. The molecule has 22 heavy (non-hydrogen) atoms. The second kappa shape index (κ2) is 6.31. The molecule has 0 radical (unpaired) electrons. The van der Waals surface area contributed by atoms with Crippen LogP contribution in [-0.4, -0.2) is 21.0 Å². The Balaban J connectivity index is 1.63. The van der Waals surface area contributed by atoms with E-state index < -0.39 is 6.03 Å². The van der Waals surface area contributed by atoms with Crippen molar-refractivity contribution in [2.45, 2.75) is 6.92 Å². The first-order valence-corrected chi connectivity index (χ1v) is 7.33. The van der Waals surface area contributed by atoms with E-state index in [2.05, 4.69) is 24.6 Å². The van der Waals surface area contributed by atoms with Crippen molar-refractivity contribution in [1.29, 1.82) is 0 Å². The molecule has 0 fully saturated rings. The lowest BCUT2D eigenvalue weighted by molar-refractivity contribution is 0.252. The van der Waals surface area contributed by atoms with Crippen LogP contribution in [0.4, 0.5) is 10.5 Å². The van der Waals surface area contributed by atoms with Crippen LogP contribution in [0.15, 0.2) is 47.6 Å². The number of anilines is 1. The Labute approximate surface area is 131 Å². The van der Waals surface area contributed by atoms with Crippen LogP contribution in [0.1, 0.15) is 11.1 Å². The highest BCUT2D eigenvalue weighted by Crippen LogP contribution is 2.20. The number of rotatable bonds is 3. The first-order valence-electron chi connectivity index (χ1n) is 6.60. The number of hydrogen-bond acceptors (Lipinski definition) is 5. The van der Waals surface area contributed by atoms with Crippen molar-refractivity contribution in [3.05, 3.63) is 53.6 Å². The minimum Gasteiger partial charge on any atom is -0.304 e. The van der Waals surface area contributed by atoms with Crippen LogP contribution in [0.3, 0.4) is 0 Å². The van der Waals surface area contributed by atoms with Gasteiger partial charge >= 0.3 is 6.03 Å². The maximum atomic E-state index is 11.8. The summed E-state index contributed by atoms with van der Waals surface area (Å²) in [4.78, 5) is 11.8. The predicted molar refractivity (Wildman–Crippen MR) is 88.3 cm³/mol. The van der Waals surface area contributed by atoms with Crippen LogP contribution in [0, 0.1) is 6.92 Å². The number of urea groups is 1. The van der Waals surface area contributed by atoms with Crippen molar-refractivity contribution in [3.63, 3.8) is 0 Å². The topological polar surface area (TPSA) is 79.3 Å². The van der Waals surface area contributed by atoms with Crippen LogP contribution < -0.4 is 10.7 Å². The molecular formula is C15H13N5OS. The lowest BCUT2D eigenvalue weighted by atomic mass is 10.2. The maximum absolute atomic E-state index is 11.8. The Morgan fingerprint density at radius 2 is 2.00 bits per heavy atom. The molecule has 0 saturated carbocycles. The van der Waals surface area contributed by atoms with Gasteiger partial charge in [-0.1, -0.05) is 35.9 Å². The number of hydrazone groups is 1. The van der Waals surface area contributed by atoms with E-state index >= 15 is 0 Å². The first kappa shape index (κ1) is 14.2. The molecule has 0 spiro atoms. The zero-order chi connectivity index (χ0) is 15.4. The van der Waals surface area contributed by atoms with Crippen molar-refractivity contribution in [3.8, 4) is 0 Å². The summed E-state index contributed by atoms with van der Waals surface area (Å²) in [6.45, 7) is 2.01. The van der Waals surface area contributed by atoms with Crippen LogP contribution in [0.2, 0.25) is 0 Å². The van der Waals surface area contributed by atoms with Gasteiger partial charge < -0.3 is 5.32 Å². The van der Waals surface area contributed by atoms with Gasteiger partial charge in [0.1, 0.15) is 11.0 Å². The van der Waals surface area contributed by atoms with Crippen molar-refractivity contribution in [2.75, 3.05) is 5.32 Å². The summed E-state index contributed by atoms with van der Waals surface area (Å²) in [5, 5.41) is 6.62. The Hall–Kier alpha value is -2.80. The molecule has 110 valence electrons. The van der Waals surface area contributed by atoms with Crippen LogP contribution in [0.25, 0.3) is 11.0 Å². The molecule has 0 bridgehead atoms. The third-order valence-corrected chi connectivity index (χ3v) is 3.53. The Morgan fingerprint density at radius 1 is 1.18 bits per heavy atom. The molecule has 0 unspecified atom stereocenters. The highest BCUT2D eigenvalue weighted by Gasteiger charge is 2.07. The zero-order valence-electron chi connectivity index (χ0n) is 11.8. The summed E-state index contributed by atoms with van der Waals surface area (Å²) >= 11 is 1.11. The van der Waals surface area contributed by atoms with Gasteiger partial charge in [0, 0.05) is 0 Å². The Kier molecular flexibility index (Phi) is 4.06. The molecule has 0 aliphatic heterocycles. The molecule has 1 aromatic heterocycles. The molecule has 2 aromatic carbocycles. The van der Waals surface area contributed by atoms with Gasteiger partial charge in [0.2, 0.25) is 0 Å². The fourth-order valence-electron chi connectivity index (χ4n) is 1.88. The van der Waals surface area contributed by atoms with Crippen LogP contribution in [0.5, 0.6) is 0 Å². The number of hydrogen-bond donors (Lipinski definition) is 2. The standard InChI is InChI=1S/C15H13N5OS/c1-10-5-7-11(8-6-10)9-16-18-15(21)17-12-3-2-4-13-14(12)20-22-19-13/h2-9H,1H3,(H2,17,18,21)/b16-9+. The van der Waals surface area contributed by atoms with E-state index in [0.717, 1.165) is 22.8 Å². The third kappa shape index (κ3) is 3.26. The summed E-state index contributed by atoms with van der Waals surface area (Å²) in [7, 11) is 0. The average molecular weight is 311 g/mol. The van der Waals surface area contributed by atoms with Gasteiger partial charge in [0.15, 0.2) is 0 Å². The highest BCUT2D eigenvalue weighted by molar-refractivity contribution is 7.00. The smallest absolute Gasteiger partial charge is 0.304 e. The largest absolute Gasteiger partial charge is 0.339 e. The second-order valence-electron chi connectivity index (χ2n) is 4.67. The molecule has 2 N–H and O–H groups in total. The molecule has 0 atom stereocenters. The lowest BCUT2D eigenvalue weighted by Crippen LogP contribution is -2.24. The number of nitrogens with one attached hydrogen (secondary N) is 2. The number of benzene rings is 2. The molecule has 3 aromatic rings. The van der Waals surface area contributed by atoms with Gasteiger partial charge in [-0.3, -0.25) is 0 Å². The van der Waals surface area contributed by atoms with Gasteiger partial charge in [0.05, 0.1) is 23.6 Å². The summed E-state index contributed by atoms with van der Waals surface area (Å²) in [6.07, 6.45) is 1.59. The van der Waals surface area contributed by atoms with Crippen molar-refractivity contribution in [1.82, 2.24) is 14.2 Å². The van der Waals surface area contributed by atoms with E-state index in [4.69, 9.17) is 0 Å². The van der Waals surface area contributed by atoms with E-state index in [1.54, 1.807) is 12.3 Å². The Morgan fingerprint density at radius 3 is 2.82 bits per heavy atom. The minimum absolute atomic E-state index is 0.427. The van der Waals surface area contributed by atoms with E-state index in [0.29, 0.717) is 11.2 Å². The van der Waals surface area contributed by atoms with Gasteiger partial charge in [-0.15, -0.1) is 0 Å². The van der Waals surface area contributed by atoms with Crippen molar-refractivity contribution >= 4 is 40.7 Å². The SMILES string of the molecule is Cc1ccc(/C=N/NC(=O)Nc2cccc3nsnc23)cc1. The molecular weight excluding hydrogens is 298 g/mol.